The molecular weight excluding hydrogens is 270 g/mol. The molecule has 0 bridgehead atoms. The number of para-hydroxylation sites is 1. The van der Waals surface area contributed by atoms with E-state index in [2.05, 4.69) is 40.1 Å². The standard InChI is InChI=1S/C11H11N.C8H12N2/c1-8-7-9(2)12-11-6-4-3-5-10(8)11;1-5-6(2)10-8(4)7(3)9-5/h3-7H,1-2H3;1-4H3. The average Bonchev–Trinajstić information content (AvgIpc) is 2.46. The highest BCUT2D eigenvalue weighted by molar-refractivity contribution is 5.81. The Bertz CT molecular complexity index is 757. The maximum absolute atomic E-state index is 4.44. The molecule has 3 heteroatoms. The van der Waals surface area contributed by atoms with E-state index in [-0.39, 0.29) is 0 Å². The second-order valence-electron chi connectivity index (χ2n) is 5.66. The first kappa shape index (κ1) is 16.1. The van der Waals surface area contributed by atoms with Crippen LogP contribution in [-0.4, -0.2) is 15.0 Å². The van der Waals surface area contributed by atoms with Crippen LogP contribution >= 0.6 is 0 Å². The molecule has 3 aromatic rings. The third-order valence-corrected chi connectivity index (χ3v) is 3.77. The van der Waals surface area contributed by atoms with Gasteiger partial charge in [0.1, 0.15) is 0 Å². The molecule has 0 aliphatic rings. The quantitative estimate of drug-likeness (QED) is 0.610. The van der Waals surface area contributed by atoms with Gasteiger partial charge in [-0.25, -0.2) is 0 Å². The van der Waals surface area contributed by atoms with Crippen molar-refractivity contribution < 1.29 is 0 Å². The van der Waals surface area contributed by atoms with Gasteiger partial charge < -0.3 is 0 Å². The van der Waals surface area contributed by atoms with Crippen molar-refractivity contribution in [1.29, 1.82) is 0 Å². The maximum Gasteiger partial charge on any atom is 0.0707 e. The summed E-state index contributed by atoms with van der Waals surface area (Å²) in [5, 5.41) is 1.25. The molecule has 0 saturated carbocycles. The Hall–Kier alpha value is -2.29. The average molecular weight is 293 g/mol. The Morgan fingerprint density at radius 1 is 0.636 bits per heavy atom. The lowest BCUT2D eigenvalue weighted by molar-refractivity contribution is 0.959. The molecule has 1 aromatic carbocycles. The topological polar surface area (TPSA) is 38.7 Å². The Kier molecular flexibility index (Phi) is 4.86. The third kappa shape index (κ3) is 3.67. The lowest BCUT2D eigenvalue weighted by atomic mass is 10.1. The fourth-order valence-corrected chi connectivity index (χ4v) is 2.34. The fourth-order valence-electron chi connectivity index (χ4n) is 2.34. The van der Waals surface area contributed by atoms with Crippen LogP contribution in [0, 0.1) is 41.5 Å². The van der Waals surface area contributed by atoms with Gasteiger partial charge in [0.25, 0.3) is 0 Å². The van der Waals surface area contributed by atoms with E-state index < -0.39 is 0 Å². The van der Waals surface area contributed by atoms with Gasteiger partial charge in [0.05, 0.1) is 28.3 Å². The molecule has 2 heterocycles. The summed E-state index contributed by atoms with van der Waals surface area (Å²) in [4.78, 5) is 13.1. The first-order valence-electron chi connectivity index (χ1n) is 7.50. The summed E-state index contributed by atoms with van der Waals surface area (Å²) >= 11 is 0. The van der Waals surface area contributed by atoms with Gasteiger partial charge in [-0.15, -0.1) is 0 Å². The Morgan fingerprint density at radius 3 is 1.68 bits per heavy atom. The van der Waals surface area contributed by atoms with Gasteiger partial charge in [0.2, 0.25) is 0 Å². The molecule has 3 rings (SSSR count). The van der Waals surface area contributed by atoms with Gasteiger partial charge in [-0.1, -0.05) is 18.2 Å². The molecule has 0 aliphatic heterocycles. The number of aromatic nitrogens is 3. The van der Waals surface area contributed by atoms with Crippen LogP contribution < -0.4 is 0 Å². The molecule has 2 aromatic heterocycles. The van der Waals surface area contributed by atoms with Crippen molar-refractivity contribution in [3.05, 3.63) is 64.4 Å². The minimum atomic E-state index is 1.03. The summed E-state index contributed by atoms with van der Waals surface area (Å²) in [5.41, 5.74) is 7.61. The Morgan fingerprint density at radius 2 is 1.14 bits per heavy atom. The number of fused-ring (bicyclic) bond motifs is 1. The van der Waals surface area contributed by atoms with Crippen LogP contribution in [0.5, 0.6) is 0 Å². The van der Waals surface area contributed by atoms with E-state index in [9.17, 15) is 0 Å². The van der Waals surface area contributed by atoms with Gasteiger partial charge in [-0.05, 0) is 59.2 Å². The van der Waals surface area contributed by atoms with E-state index in [1.165, 1.54) is 10.9 Å². The fraction of sp³-hybridized carbons (Fsp3) is 0.316. The zero-order chi connectivity index (χ0) is 16.3. The van der Waals surface area contributed by atoms with Crippen molar-refractivity contribution in [3.63, 3.8) is 0 Å². The molecular formula is C19H23N3. The molecule has 0 spiro atoms. The molecule has 0 saturated heterocycles. The number of hydrogen-bond donors (Lipinski definition) is 0. The highest BCUT2D eigenvalue weighted by atomic mass is 14.8. The molecule has 114 valence electrons. The van der Waals surface area contributed by atoms with Crippen LogP contribution in [0.2, 0.25) is 0 Å². The van der Waals surface area contributed by atoms with E-state index in [1.54, 1.807) is 0 Å². The first-order valence-corrected chi connectivity index (χ1v) is 7.50. The van der Waals surface area contributed by atoms with E-state index in [1.807, 2.05) is 46.8 Å². The van der Waals surface area contributed by atoms with Gasteiger partial charge in [0.15, 0.2) is 0 Å². The zero-order valence-corrected chi connectivity index (χ0v) is 14.2. The molecule has 0 atom stereocenters. The highest BCUT2D eigenvalue weighted by Crippen LogP contribution is 2.16. The summed E-state index contributed by atoms with van der Waals surface area (Å²) in [6.45, 7) is 12.1. The monoisotopic (exact) mass is 293 g/mol. The van der Waals surface area contributed by atoms with Crippen LogP contribution in [0.1, 0.15) is 34.0 Å². The summed E-state index contributed by atoms with van der Waals surface area (Å²) < 4.78 is 0. The predicted molar refractivity (Wildman–Crippen MR) is 92.2 cm³/mol. The molecule has 0 fully saturated rings. The van der Waals surface area contributed by atoms with Crippen molar-refractivity contribution in [3.8, 4) is 0 Å². The summed E-state index contributed by atoms with van der Waals surface area (Å²) in [6.07, 6.45) is 0. The molecule has 3 nitrogen and oxygen atoms in total. The largest absolute Gasteiger partial charge is 0.255 e. The lowest BCUT2D eigenvalue weighted by Gasteiger charge is -2.01. The molecule has 0 unspecified atom stereocenters. The summed E-state index contributed by atoms with van der Waals surface area (Å²) in [7, 11) is 0. The van der Waals surface area contributed by atoms with Crippen molar-refractivity contribution >= 4 is 10.9 Å². The number of benzene rings is 1. The van der Waals surface area contributed by atoms with Crippen LogP contribution in [0.15, 0.2) is 30.3 Å². The normalized spacial score (nSPS) is 10.3. The highest BCUT2D eigenvalue weighted by Gasteiger charge is 1.99. The van der Waals surface area contributed by atoms with Crippen LogP contribution in [-0.2, 0) is 0 Å². The number of nitrogens with zero attached hydrogens (tertiary/aromatic N) is 3. The van der Waals surface area contributed by atoms with E-state index in [0.717, 1.165) is 34.0 Å². The van der Waals surface area contributed by atoms with Crippen LogP contribution in [0.25, 0.3) is 10.9 Å². The maximum atomic E-state index is 4.44. The second kappa shape index (κ2) is 6.65. The SMILES string of the molecule is Cc1cc(C)c2ccccc2n1.Cc1nc(C)c(C)nc1C. The summed E-state index contributed by atoms with van der Waals surface area (Å²) in [5.74, 6) is 0. The molecule has 0 N–H and O–H groups in total. The number of rotatable bonds is 0. The van der Waals surface area contributed by atoms with E-state index in [0.29, 0.717) is 0 Å². The van der Waals surface area contributed by atoms with Gasteiger partial charge in [0, 0.05) is 11.1 Å². The smallest absolute Gasteiger partial charge is 0.0707 e. The van der Waals surface area contributed by atoms with Crippen molar-refractivity contribution in [2.45, 2.75) is 41.5 Å². The number of aryl methyl sites for hydroxylation is 6. The number of pyridine rings is 1. The summed E-state index contributed by atoms with van der Waals surface area (Å²) in [6, 6.07) is 10.3. The first-order chi connectivity index (χ1) is 10.4. The zero-order valence-electron chi connectivity index (χ0n) is 14.2. The minimum absolute atomic E-state index is 1.03. The van der Waals surface area contributed by atoms with Gasteiger partial charge in [-0.2, -0.15) is 0 Å². The van der Waals surface area contributed by atoms with Crippen LogP contribution in [0.3, 0.4) is 0 Å². The van der Waals surface area contributed by atoms with Gasteiger partial charge in [-0.3, -0.25) is 15.0 Å². The number of hydrogen-bond acceptors (Lipinski definition) is 3. The molecule has 0 aliphatic carbocycles. The van der Waals surface area contributed by atoms with Gasteiger partial charge >= 0.3 is 0 Å². The Labute approximate surface area is 132 Å². The molecule has 22 heavy (non-hydrogen) atoms. The molecule has 0 radical (unpaired) electrons. The van der Waals surface area contributed by atoms with Crippen molar-refractivity contribution in [2.75, 3.05) is 0 Å². The minimum Gasteiger partial charge on any atom is -0.255 e. The van der Waals surface area contributed by atoms with E-state index in [4.69, 9.17) is 0 Å². The van der Waals surface area contributed by atoms with Crippen molar-refractivity contribution in [1.82, 2.24) is 15.0 Å². The van der Waals surface area contributed by atoms with Crippen LogP contribution in [0.4, 0.5) is 0 Å². The second-order valence-corrected chi connectivity index (χ2v) is 5.66. The predicted octanol–water partition coefficient (Wildman–Crippen LogP) is 4.56. The third-order valence-electron chi connectivity index (χ3n) is 3.77. The Balaban J connectivity index is 0.000000164. The van der Waals surface area contributed by atoms with E-state index >= 15 is 0 Å². The van der Waals surface area contributed by atoms with Crippen molar-refractivity contribution in [2.24, 2.45) is 0 Å². The lowest BCUT2D eigenvalue weighted by Crippen LogP contribution is -1.97. The molecule has 0 amide bonds.